The van der Waals surface area contributed by atoms with Gasteiger partial charge in [-0.05, 0) is 31.3 Å². The van der Waals surface area contributed by atoms with Crippen LogP contribution in [0.5, 0.6) is 0 Å². The standard InChI is InChI=1S/C15H16N4O2S/c1-16-12-6-7-15-18-9-14(19(15)10-12)11-4-3-5-13(8-11)22(20,21)17-2/h3-10,16-17H,1-2H3. The number of nitrogens with one attached hydrogen (secondary N) is 2. The van der Waals surface area contributed by atoms with Crippen molar-refractivity contribution in [3.63, 3.8) is 0 Å². The van der Waals surface area contributed by atoms with Gasteiger partial charge in [-0.1, -0.05) is 12.1 Å². The lowest BCUT2D eigenvalue weighted by Gasteiger charge is -2.07. The molecule has 0 atom stereocenters. The van der Waals surface area contributed by atoms with Gasteiger partial charge in [0.15, 0.2) is 0 Å². The molecule has 0 amide bonds. The van der Waals surface area contributed by atoms with Crippen molar-refractivity contribution in [3.8, 4) is 11.3 Å². The number of pyridine rings is 1. The molecule has 0 fully saturated rings. The van der Waals surface area contributed by atoms with Crippen molar-refractivity contribution in [2.45, 2.75) is 4.90 Å². The van der Waals surface area contributed by atoms with Gasteiger partial charge in [0.1, 0.15) is 5.65 Å². The highest BCUT2D eigenvalue weighted by Gasteiger charge is 2.13. The average molecular weight is 316 g/mol. The van der Waals surface area contributed by atoms with Gasteiger partial charge < -0.3 is 5.32 Å². The predicted molar refractivity (Wildman–Crippen MR) is 86.4 cm³/mol. The molecule has 0 aliphatic rings. The molecule has 2 aromatic heterocycles. The molecule has 0 aliphatic carbocycles. The second-order valence-corrected chi connectivity index (χ2v) is 6.66. The van der Waals surface area contributed by atoms with Crippen LogP contribution in [-0.4, -0.2) is 31.9 Å². The molecular weight excluding hydrogens is 300 g/mol. The molecule has 6 nitrogen and oxygen atoms in total. The summed E-state index contributed by atoms with van der Waals surface area (Å²) in [5.41, 5.74) is 3.37. The normalized spacial score (nSPS) is 11.7. The fourth-order valence-electron chi connectivity index (χ4n) is 2.28. The van der Waals surface area contributed by atoms with Crippen molar-refractivity contribution >= 4 is 21.4 Å². The van der Waals surface area contributed by atoms with Gasteiger partial charge in [-0.15, -0.1) is 0 Å². The Bertz CT molecular complexity index is 932. The van der Waals surface area contributed by atoms with E-state index >= 15 is 0 Å². The summed E-state index contributed by atoms with van der Waals surface area (Å²) in [5.74, 6) is 0. The molecule has 2 N–H and O–H groups in total. The Kier molecular flexibility index (Phi) is 3.59. The van der Waals surface area contributed by atoms with E-state index in [4.69, 9.17) is 0 Å². The van der Waals surface area contributed by atoms with E-state index < -0.39 is 10.0 Å². The molecule has 3 rings (SSSR count). The monoisotopic (exact) mass is 316 g/mol. The lowest BCUT2D eigenvalue weighted by molar-refractivity contribution is 0.588. The Balaban J connectivity index is 2.18. The lowest BCUT2D eigenvalue weighted by Crippen LogP contribution is -2.18. The molecule has 1 aromatic carbocycles. The van der Waals surface area contributed by atoms with E-state index in [0.717, 1.165) is 22.6 Å². The third-order valence-electron chi connectivity index (χ3n) is 3.50. The molecule has 0 saturated heterocycles. The van der Waals surface area contributed by atoms with Crippen LogP contribution in [0.15, 0.2) is 53.7 Å². The first-order chi connectivity index (χ1) is 10.5. The van der Waals surface area contributed by atoms with E-state index in [1.807, 2.05) is 35.8 Å². The number of sulfonamides is 1. The molecular formula is C15H16N4O2S. The molecule has 0 saturated carbocycles. The molecule has 0 bridgehead atoms. The predicted octanol–water partition coefficient (Wildman–Crippen LogP) is 1.95. The fraction of sp³-hybridized carbons (Fsp3) is 0.133. The largest absolute Gasteiger partial charge is 0.387 e. The molecule has 7 heteroatoms. The fourth-order valence-corrected chi connectivity index (χ4v) is 3.06. The van der Waals surface area contributed by atoms with E-state index in [9.17, 15) is 8.42 Å². The van der Waals surface area contributed by atoms with E-state index in [0.29, 0.717) is 0 Å². The summed E-state index contributed by atoms with van der Waals surface area (Å²) >= 11 is 0. The van der Waals surface area contributed by atoms with Crippen molar-refractivity contribution in [2.75, 3.05) is 19.4 Å². The van der Waals surface area contributed by atoms with Gasteiger partial charge in [0.05, 0.1) is 22.5 Å². The first-order valence-corrected chi connectivity index (χ1v) is 8.22. The third kappa shape index (κ3) is 2.44. The number of nitrogens with zero attached hydrogens (tertiary/aromatic N) is 2. The van der Waals surface area contributed by atoms with Gasteiger partial charge in [0.25, 0.3) is 0 Å². The second kappa shape index (κ2) is 5.43. The number of fused-ring (bicyclic) bond motifs is 1. The van der Waals surface area contributed by atoms with Crippen molar-refractivity contribution in [1.29, 1.82) is 0 Å². The van der Waals surface area contributed by atoms with Gasteiger partial charge in [-0.3, -0.25) is 4.40 Å². The van der Waals surface area contributed by atoms with E-state index in [2.05, 4.69) is 15.0 Å². The molecule has 0 spiro atoms. The summed E-state index contributed by atoms with van der Waals surface area (Å²) in [4.78, 5) is 4.58. The summed E-state index contributed by atoms with van der Waals surface area (Å²) in [5, 5.41) is 3.08. The molecule has 3 aromatic rings. The van der Waals surface area contributed by atoms with Crippen LogP contribution in [0.25, 0.3) is 16.9 Å². The molecule has 114 valence electrons. The Morgan fingerprint density at radius 3 is 2.68 bits per heavy atom. The van der Waals surface area contributed by atoms with Crippen molar-refractivity contribution in [1.82, 2.24) is 14.1 Å². The number of hydrogen-bond acceptors (Lipinski definition) is 4. The van der Waals surface area contributed by atoms with Crippen LogP contribution in [0, 0.1) is 0 Å². The summed E-state index contributed by atoms with van der Waals surface area (Å²) in [6, 6.07) is 10.6. The van der Waals surface area contributed by atoms with Crippen LogP contribution in [-0.2, 0) is 10.0 Å². The molecule has 0 radical (unpaired) electrons. The zero-order valence-electron chi connectivity index (χ0n) is 12.2. The maximum atomic E-state index is 11.9. The maximum absolute atomic E-state index is 11.9. The van der Waals surface area contributed by atoms with Gasteiger partial charge in [-0.25, -0.2) is 18.1 Å². The van der Waals surface area contributed by atoms with Crippen LogP contribution >= 0.6 is 0 Å². The van der Waals surface area contributed by atoms with Crippen LogP contribution in [0.2, 0.25) is 0 Å². The van der Waals surface area contributed by atoms with Crippen molar-refractivity contribution in [2.24, 2.45) is 0 Å². The van der Waals surface area contributed by atoms with Crippen molar-refractivity contribution < 1.29 is 8.42 Å². The lowest BCUT2D eigenvalue weighted by atomic mass is 10.2. The number of imidazole rings is 1. The zero-order valence-corrected chi connectivity index (χ0v) is 13.1. The third-order valence-corrected chi connectivity index (χ3v) is 4.92. The molecule has 2 heterocycles. The number of rotatable bonds is 4. The Hall–Kier alpha value is -2.38. The minimum atomic E-state index is -3.47. The van der Waals surface area contributed by atoms with Crippen LogP contribution < -0.4 is 10.0 Å². The van der Waals surface area contributed by atoms with Gasteiger partial charge in [0, 0.05) is 18.8 Å². The quantitative estimate of drug-likeness (QED) is 0.771. The van der Waals surface area contributed by atoms with E-state index in [-0.39, 0.29) is 4.90 Å². The number of benzene rings is 1. The molecule has 22 heavy (non-hydrogen) atoms. The Morgan fingerprint density at radius 1 is 1.14 bits per heavy atom. The smallest absolute Gasteiger partial charge is 0.240 e. The SMILES string of the molecule is CNc1ccc2ncc(-c3cccc(S(=O)(=O)NC)c3)n2c1. The average Bonchev–Trinajstić information content (AvgIpc) is 2.97. The first-order valence-electron chi connectivity index (χ1n) is 6.74. The number of aromatic nitrogens is 2. The number of hydrogen-bond donors (Lipinski definition) is 2. The van der Waals surface area contributed by atoms with Crippen molar-refractivity contribution in [3.05, 3.63) is 48.8 Å². The maximum Gasteiger partial charge on any atom is 0.240 e. The minimum absolute atomic E-state index is 0.229. The first kappa shape index (κ1) is 14.6. The summed E-state index contributed by atoms with van der Waals surface area (Å²) in [6.45, 7) is 0. The van der Waals surface area contributed by atoms with E-state index in [1.54, 1.807) is 24.4 Å². The van der Waals surface area contributed by atoms with Crippen LogP contribution in [0.3, 0.4) is 0 Å². The zero-order chi connectivity index (χ0) is 15.7. The Labute approximate surface area is 128 Å². The highest BCUT2D eigenvalue weighted by atomic mass is 32.2. The highest BCUT2D eigenvalue weighted by Crippen LogP contribution is 2.24. The van der Waals surface area contributed by atoms with Gasteiger partial charge in [0.2, 0.25) is 10.0 Å². The second-order valence-electron chi connectivity index (χ2n) is 4.77. The topological polar surface area (TPSA) is 75.5 Å². The highest BCUT2D eigenvalue weighted by molar-refractivity contribution is 7.89. The summed E-state index contributed by atoms with van der Waals surface area (Å²) in [7, 11) is -0.227. The Morgan fingerprint density at radius 2 is 1.95 bits per heavy atom. The van der Waals surface area contributed by atoms with Crippen LogP contribution in [0.1, 0.15) is 0 Å². The molecule has 0 unspecified atom stereocenters. The summed E-state index contributed by atoms with van der Waals surface area (Å²) in [6.07, 6.45) is 3.66. The van der Waals surface area contributed by atoms with Gasteiger partial charge >= 0.3 is 0 Å². The summed E-state index contributed by atoms with van der Waals surface area (Å²) < 4.78 is 28.1. The van der Waals surface area contributed by atoms with Crippen LogP contribution in [0.4, 0.5) is 5.69 Å². The number of anilines is 1. The van der Waals surface area contributed by atoms with Gasteiger partial charge in [-0.2, -0.15) is 0 Å². The van der Waals surface area contributed by atoms with E-state index in [1.165, 1.54) is 7.05 Å². The molecule has 0 aliphatic heterocycles. The minimum Gasteiger partial charge on any atom is -0.387 e.